The molecule has 7 heteroatoms. The Morgan fingerprint density at radius 1 is 1.50 bits per heavy atom. The number of hydrogen-bond acceptors (Lipinski definition) is 5. The number of thiophene rings is 1. The number of rotatable bonds is 6. The molecule has 2 rings (SSSR count). The van der Waals surface area contributed by atoms with Crippen molar-refractivity contribution in [3.8, 4) is 0 Å². The monoisotopic (exact) mass is 324 g/mol. The Kier molecular flexibility index (Phi) is 5.57. The van der Waals surface area contributed by atoms with Gasteiger partial charge in [-0.3, -0.25) is 4.90 Å². The Bertz CT molecular complexity index is 568. The summed E-state index contributed by atoms with van der Waals surface area (Å²) in [7, 11) is 1.57. The number of amides is 2. The third-order valence-electron chi connectivity index (χ3n) is 3.49. The lowest BCUT2D eigenvalue weighted by atomic mass is 9.97. The highest BCUT2D eigenvalue weighted by Gasteiger charge is 2.36. The van der Waals surface area contributed by atoms with Crippen molar-refractivity contribution < 1.29 is 19.1 Å². The summed E-state index contributed by atoms with van der Waals surface area (Å²) in [5, 5.41) is 6.71. The number of ether oxygens (including phenoxy) is 2. The van der Waals surface area contributed by atoms with E-state index in [1.54, 1.807) is 21.0 Å². The normalized spacial score (nSPS) is 18.4. The molecule has 1 aromatic rings. The van der Waals surface area contributed by atoms with Crippen LogP contribution in [-0.4, -0.2) is 43.8 Å². The topological polar surface area (TPSA) is 67.9 Å². The Morgan fingerprint density at radius 3 is 2.86 bits per heavy atom. The molecule has 0 bridgehead atoms. The molecule has 0 aliphatic carbocycles. The molecule has 2 heterocycles. The Morgan fingerprint density at radius 2 is 2.27 bits per heavy atom. The highest BCUT2D eigenvalue weighted by Crippen LogP contribution is 2.32. The second-order valence-electron chi connectivity index (χ2n) is 4.80. The van der Waals surface area contributed by atoms with Crippen molar-refractivity contribution in [2.45, 2.75) is 19.9 Å². The third kappa shape index (κ3) is 3.31. The molecule has 1 atom stereocenters. The second kappa shape index (κ2) is 7.42. The van der Waals surface area contributed by atoms with Gasteiger partial charge in [-0.05, 0) is 36.2 Å². The van der Waals surface area contributed by atoms with Crippen molar-refractivity contribution in [3.63, 3.8) is 0 Å². The van der Waals surface area contributed by atoms with Gasteiger partial charge in [0.15, 0.2) is 0 Å². The first-order valence-electron chi connectivity index (χ1n) is 7.07. The van der Waals surface area contributed by atoms with E-state index < -0.39 is 12.0 Å². The first-order chi connectivity index (χ1) is 10.6. The van der Waals surface area contributed by atoms with Crippen LogP contribution in [0.15, 0.2) is 28.1 Å². The molecule has 6 nitrogen and oxygen atoms in total. The van der Waals surface area contributed by atoms with Gasteiger partial charge in [0.05, 0.1) is 31.4 Å². The molecular formula is C15H20N2O4S. The van der Waals surface area contributed by atoms with Crippen molar-refractivity contribution in [1.29, 1.82) is 0 Å². The summed E-state index contributed by atoms with van der Waals surface area (Å²) < 4.78 is 10.2. The number of urea groups is 1. The van der Waals surface area contributed by atoms with Crippen molar-refractivity contribution in [2.75, 3.05) is 26.9 Å². The minimum Gasteiger partial charge on any atom is -0.463 e. The molecule has 0 radical (unpaired) electrons. The molecule has 1 aromatic heterocycles. The molecule has 1 N–H and O–H groups in total. The summed E-state index contributed by atoms with van der Waals surface area (Å²) >= 11 is 1.52. The molecule has 120 valence electrons. The van der Waals surface area contributed by atoms with E-state index in [1.807, 2.05) is 16.8 Å². The molecule has 0 aromatic carbocycles. The van der Waals surface area contributed by atoms with Gasteiger partial charge in [-0.15, -0.1) is 0 Å². The van der Waals surface area contributed by atoms with Crippen LogP contribution in [0.3, 0.4) is 0 Å². The molecule has 0 fully saturated rings. The highest BCUT2D eigenvalue weighted by molar-refractivity contribution is 7.08. The van der Waals surface area contributed by atoms with Crippen LogP contribution < -0.4 is 5.32 Å². The molecular weight excluding hydrogens is 304 g/mol. The minimum absolute atomic E-state index is 0.237. The Labute approximate surface area is 133 Å². The number of carbonyl (C=O) groups excluding carboxylic acids is 2. The highest BCUT2D eigenvalue weighted by atomic mass is 32.1. The first-order valence-corrected chi connectivity index (χ1v) is 8.01. The summed E-state index contributed by atoms with van der Waals surface area (Å²) in [6.45, 7) is 4.59. The zero-order valence-electron chi connectivity index (χ0n) is 12.9. The largest absolute Gasteiger partial charge is 0.463 e. The minimum atomic E-state index is -0.475. The first kappa shape index (κ1) is 16.5. The number of nitrogens with one attached hydrogen (secondary N) is 1. The predicted octanol–water partition coefficient (Wildman–Crippen LogP) is 2.30. The zero-order chi connectivity index (χ0) is 16.1. The molecule has 0 unspecified atom stereocenters. The average Bonchev–Trinajstić information content (AvgIpc) is 3.00. The fourth-order valence-corrected chi connectivity index (χ4v) is 3.08. The van der Waals surface area contributed by atoms with Gasteiger partial charge >= 0.3 is 12.0 Å². The van der Waals surface area contributed by atoms with Crippen LogP contribution in [0.5, 0.6) is 0 Å². The van der Waals surface area contributed by atoms with E-state index in [0.29, 0.717) is 24.4 Å². The smallest absolute Gasteiger partial charge is 0.338 e. The maximum absolute atomic E-state index is 12.4. The van der Waals surface area contributed by atoms with E-state index in [1.165, 1.54) is 16.2 Å². The summed E-state index contributed by atoms with van der Waals surface area (Å²) in [6.07, 6.45) is 0. The van der Waals surface area contributed by atoms with Gasteiger partial charge in [-0.2, -0.15) is 11.3 Å². The van der Waals surface area contributed by atoms with Crippen LogP contribution in [0.4, 0.5) is 4.79 Å². The van der Waals surface area contributed by atoms with Crippen LogP contribution in [0, 0.1) is 0 Å². The zero-order valence-corrected chi connectivity index (χ0v) is 13.7. The molecule has 1 aliphatic rings. The Balaban J connectivity index is 2.40. The van der Waals surface area contributed by atoms with Crippen LogP contribution in [0.25, 0.3) is 0 Å². The number of esters is 1. The molecule has 22 heavy (non-hydrogen) atoms. The maximum Gasteiger partial charge on any atom is 0.338 e. The molecule has 1 aliphatic heterocycles. The van der Waals surface area contributed by atoms with E-state index in [9.17, 15) is 9.59 Å². The fourth-order valence-electron chi connectivity index (χ4n) is 2.40. The molecule has 0 spiro atoms. The Hall–Kier alpha value is -1.86. The molecule has 0 saturated heterocycles. The number of carbonyl (C=O) groups is 2. The standard InChI is InChI=1S/C15H20N2O4S/c1-4-21-14(18)12-10(2)17(6-7-20-3)15(19)16-13(12)11-5-8-22-9-11/h5,8-9,13H,4,6-7H2,1-3H3,(H,16,19)/t13-/m0/s1. The number of nitrogens with zero attached hydrogens (tertiary/aromatic N) is 1. The number of methoxy groups -OCH3 is 1. The van der Waals surface area contributed by atoms with E-state index in [0.717, 1.165) is 5.56 Å². The van der Waals surface area contributed by atoms with Crippen molar-refractivity contribution >= 4 is 23.3 Å². The van der Waals surface area contributed by atoms with Gasteiger partial charge < -0.3 is 14.8 Å². The van der Waals surface area contributed by atoms with E-state index in [-0.39, 0.29) is 12.6 Å². The van der Waals surface area contributed by atoms with Gasteiger partial charge in [-0.25, -0.2) is 9.59 Å². The summed E-state index contributed by atoms with van der Waals surface area (Å²) in [5.74, 6) is -0.404. The maximum atomic E-state index is 12.4. The SMILES string of the molecule is CCOC(=O)C1=C(C)N(CCOC)C(=O)N[C@H]1c1ccsc1. The van der Waals surface area contributed by atoms with Gasteiger partial charge in [0, 0.05) is 12.8 Å². The molecule has 0 saturated carbocycles. The lowest BCUT2D eigenvalue weighted by molar-refractivity contribution is -0.139. The summed E-state index contributed by atoms with van der Waals surface area (Å²) in [4.78, 5) is 26.2. The quantitative estimate of drug-likeness (QED) is 0.815. The van der Waals surface area contributed by atoms with E-state index in [2.05, 4.69) is 5.32 Å². The van der Waals surface area contributed by atoms with Crippen LogP contribution in [0.2, 0.25) is 0 Å². The van der Waals surface area contributed by atoms with Crippen molar-refractivity contribution in [3.05, 3.63) is 33.7 Å². The fraction of sp³-hybridized carbons (Fsp3) is 0.467. The third-order valence-corrected chi connectivity index (χ3v) is 4.19. The average molecular weight is 324 g/mol. The lowest BCUT2D eigenvalue weighted by Gasteiger charge is -2.34. The van der Waals surface area contributed by atoms with Gasteiger partial charge in [0.25, 0.3) is 0 Å². The molecule has 2 amide bonds. The van der Waals surface area contributed by atoms with Crippen LogP contribution in [0.1, 0.15) is 25.5 Å². The van der Waals surface area contributed by atoms with E-state index >= 15 is 0 Å². The predicted molar refractivity (Wildman–Crippen MR) is 83.5 cm³/mol. The lowest BCUT2D eigenvalue weighted by Crippen LogP contribution is -2.48. The van der Waals surface area contributed by atoms with E-state index in [4.69, 9.17) is 9.47 Å². The van der Waals surface area contributed by atoms with Crippen molar-refractivity contribution in [2.24, 2.45) is 0 Å². The summed E-state index contributed by atoms with van der Waals surface area (Å²) in [6, 6.07) is 1.18. The van der Waals surface area contributed by atoms with Gasteiger partial charge in [0.1, 0.15) is 0 Å². The number of allylic oxidation sites excluding steroid dienone is 1. The van der Waals surface area contributed by atoms with Crippen LogP contribution >= 0.6 is 11.3 Å². The van der Waals surface area contributed by atoms with Crippen LogP contribution in [-0.2, 0) is 14.3 Å². The summed E-state index contributed by atoms with van der Waals surface area (Å²) in [5.41, 5.74) is 1.96. The van der Waals surface area contributed by atoms with Crippen molar-refractivity contribution in [1.82, 2.24) is 10.2 Å². The van der Waals surface area contributed by atoms with Gasteiger partial charge in [-0.1, -0.05) is 0 Å². The number of hydrogen-bond donors (Lipinski definition) is 1. The second-order valence-corrected chi connectivity index (χ2v) is 5.58. The van der Waals surface area contributed by atoms with Gasteiger partial charge in [0.2, 0.25) is 0 Å².